The van der Waals surface area contributed by atoms with Gasteiger partial charge in [0, 0.05) is 23.2 Å². The Hall–Kier alpha value is -1.54. The molecule has 0 spiro atoms. The highest BCUT2D eigenvalue weighted by Crippen LogP contribution is 2.32. The summed E-state index contributed by atoms with van der Waals surface area (Å²) in [6.07, 6.45) is 0. The third kappa shape index (κ3) is 1.89. The summed E-state index contributed by atoms with van der Waals surface area (Å²) in [7, 11) is 1.69. The van der Waals surface area contributed by atoms with E-state index in [9.17, 15) is 4.39 Å². The van der Waals surface area contributed by atoms with Gasteiger partial charge in [0.1, 0.15) is 0 Å². The van der Waals surface area contributed by atoms with Gasteiger partial charge in [-0.2, -0.15) is 0 Å². The topological polar surface area (TPSA) is 12.0 Å². The molecule has 82 valence electrons. The van der Waals surface area contributed by atoms with Gasteiger partial charge in [-0.15, -0.1) is 0 Å². The van der Waals surface area contributed by atoms with Crippen LogP contribution in [0.5, 0.6) is 0 Å². The summed E-state index contributed by atoms with van der Waals surface area (Å²) >= 11 is 6.04. The Kier molecular flexibility index (Phi) is 3.11. The molecule has 2 rings (SSSR count). The summed E-state index contributed by atoms with van der Waals surface area (Å²) in [6.45, 7) is 0. The minimum atomic E-state index is -0.280. The molecule has 0 aliphatic carbocycles. The fraction of sp³-hybridized carbons (Fsp3) is 0.0769. The highest BCUT2D eigenvalue weighted by atomic mass is 35.5. The van der Waals surface area contributed by atoms with Crippen molar-refractivity contribution in [2.24, 2.45) is 0 Å². The Labute approximate surface area is 98.9 Å². The Morgan fingerprint density at radius 2 is 1.69 bits per heavy atom. The standard InChI is InChI=1S/C13H11ClFN/c1-16-12-8-4-6-10(13(12)15)9-5-2-3-7-11(9)14/h2-8,16H,1H3. The number of rotatable bonds is 2. The maximum Gasteiger partial charge on any atom is 0.154 e. The van der Waals surface area contributed by atoms with E-state index in [1.165, 1.54) is 0 Å². The minimum absolute atomic E-state index is 0.280. The molecular formula is C13H11ClFN. The van der Waals surface area contributed by atoms with Crippen molar-refractivity contribution in [2.75, 3.05) is 12.4 Å². The van der Waals surface area contributed by atoms with E-state index in [4.69, 9.17) is 11.6 Å². The van der Waals surface area contributed by atoms with Gasteiger partial charge in [0.2, 0.25) is 0 Å². The molecule has 0 heterocycles. The molecule has 0 bridgehead atoms. The molecule has 16 heavy (non-hydrogen) atoms. The third-order valence-electron chi connectivity index (χ3n) is 2.43. The van der Waals surface area contributed by atoms with Gasteiger partial charge in [0.25, 0.3) is 0 Å². The first-order valence-electron chi connectivity index (χ1n) is 4.95. The number of hydrogen-bond donors (Lipinski definition) is 1. The minimum Gasteiger partial charge on any atom is -0.386 e. The Morgan fingerprint density at radius 1 is 1.00 bits per heavy atom. The van der Waals surface area contributed by atoms with Crippen LogP contribution in [0.3, 0.4) is 0 Å². The van der Waals surface area contributed by atoms with E-state index < -0.39 is 0 Å². The molecule has 2 aromatic carbocycles. The van der Waals surface area contributed by atoms with Crippen LogP contribution >= 0.6 is 11.6 Å². The zero-order valence-electron chi connectivity index (χ0n) is 8.80. The van der Waals surface area contributed by atoms with E-state index in [-0.39, 0.29) is 5.82 Å². The van der Waals surface area contributed by atoms with Crippen molar-refractivity contribution in [1.29, 1.82) is 0 Å². The first-order chi connectivity index (χ1) is 7.74. The number of anilines is 1. The molecule has 0 aliphatic heterocycles. The van der Waals surface area contributed by atoms with Crippen LogP contribution in [0.15, 0.2) is 42.5 Å². The first-order valence-corrected chi connectivity index (χ1v) is 5.33. The van der Waals surface area contributed by atoms with E-state index in [0.717, 1.165) is 0 Å². The molecule has 0 saturated heterocycles. The van der Waals surface area contributed by atoms with E-state index in [0.29, 0.717) is 21.8 Å². The zero-order valence-corrected chi connectivity index (χ0v) is 9.55. The molecule has 0 saturated carbocycles. The molecule has 0 unspecified atom stereocenters. The second-order valence-electron chi connectivity index (χ2n) is 3.40. The van der Waals surface area contributed by atoms with Gasteiger partial charge < -0.3 is 5.32 Å². The monoisotopic (exact) mass is 235 g/mol. The van der Waals surface area contributed by atoms with Crippen LogP contribution in [0.1, 0.15) is 0 Å². The van der Waals surface area contributed by atoms with E-state index in [2.05, 4.69) is 5.32 Å². The van der Waals surface area contributed by atoms with Crippen LogP contribution in [-0.4, -0.2) is 7.05 Å². The van der Waals surface area contributed by atoms with Crippen LogP contribution in [0.4, 0.5) is 10.1 Å². The van der Waals surface area contributed by atoms with Crippen LogP contribution in [0.2, 0.25) is 5.02 Å². The summed E-state index contributed by atoms with van der Waals surface area (Å²) in [5, 5.41) is 3.36. The summed E-state index contributed by atoms with van der Waals surface area (Å²) in [5.74, 6) is -0.280. The van der Waals surface area contributed by atoms with Gasteiger partial charge in [0.05, 0.1) is 5.69 Å². The van der Waals surface area contributed by atoms with Crippen molar-refractivity contribution in [2.45, 2.75) is 0 Å². The van der Waals surface area contributed by atoms with Crippen molar-refractivity contribution in [3.63, 3.8) is 0 Å². The average molecular weight is 236 g/mol. The SMILES string of the molecule is CNc1cccc(-c2ccccc2Cl)c1F. The van der Waals surface area contributed by atoms with Gasteiger partial charge in [-0.3, -0.25) is 0 Å². The second-order valence-corrected chi connectivity index (χ2v) is 3.80. The summed E-state index contributed by atoms with van der Waals surface area (Å²) in [4.78, 5) is 0. The van der Waals surface area contributed by atoms with Crippen molar-refractivity contribution in [3.8, 4) is 11.1 Å². The maximum atomic E-state index is 14.0. The molecule has 1 nitrogen and oxygen atoms in total. The Morgan fingerprint density at radius 3 is 2.38 bits per heavy atom. The summed E-state index contributed by atoms with van der Waals surface area (Å²) in [6, 6.07) is 12.4. The van der Waals surface area contributed by atoms with E-state index in [1.807, 2.05) is 12.1 Å². The van der Waals surface area contributed by atoms with E-state index in [1.54, 1.807) is 37.4 Å². The maximum absolute atomic E-state index is 14.0. The molecular weight excluding hydrogens is 225 g/mol. The van der Waals surface area contributed by atoms with Gasteiger partial charge >= 0.3 is 0 Å². The lowest BCUT2D eigenvalue weighted by molar-refractivity contribution is 0.635. The van der Waals surface area contributed by atoms with Crippen molar-refractivity contribution >= 4 is 17.3 Å². The molecule has 0 amide bonds. The van der Waals surface area contributed by atoms with Gasteiger partial charge in [-0.1, -0.05) is 41.9 Å². The van der Waals surface area contributed by atoms with Gasteiger partial charge in [-0.05, 0) is 12.1 Å². The number of halogens is 2. The van der Waals surface area contributed by atoms with Crippen LogP contribution in [-0.2, 0) is 0 Å². The predicted molar refractivity (Wildman–Crippen MR) is 66.4 cm³/mol. The molecule has 0 radical (unpaired) electrons. The molecule has 0 aliphatic rings. The second kappa shape index (κ2) is 4.54. The quantitative estimate of drug-likeness (QED) is 0.823. The molecule has 0 atom stereocenters. The smallest absolute Gasteiger partial charge is 0.154 e. The molecule has 2 aromatic rings. The van der Waals surface area contributed by atoms with Crippen molar-refractivity contribution < 1.29 is 4.39 Å². The van der Waals surface area contributed by atoms with E-state index >= 15 is 0 Å². The Balaban J connectivity index is 2.61. The lowest BCUT2D eigenvalue weighted by Gasteiger charge is -2.09. The fourth-order valence-electron chi connectivity index (χ4n) is 1.61. The molecule has 0 aromatic heterocycles. The van der Waals surface area contributed by atoms with Crippen LogP contribution in [0, 0.1) is 5.82 Å². The van der Waals surface area contributed by atoms with Crippen LogP contribution < -0.4 is 5.32 Å². The summed E-state index contributed by atoms with van der Waals surface area (Å²) in [5.41, 5.74) is 1.69. The lowest BCUT2D eigenvalue weighted by atomic mass is 10.0. The van der Waals surface area contributed by atoms with Gasteiger partial charge in [-0.25, -0.2) is 4.39 Å². The highest BCUT2D eigenvalue weighted by Gasteiger charge is 2.10. The highest BCUT2D eigenvalue weighted by molar-refractivity contribution is 6.33. The van der Waals surface area contributed by atoms with Crippen molar-refractivity contribution in [3.05, 3.63) is 53.3 Å². The Bertz CT molecular complexity index is 511. The van der Waals surface area contributed by atoms with Gasteiger partial charge in [0.15, 0.2) is 5.82 Å². The third-order valence-corrected chi connectivity index (χ3v) is 2.76. The largest absolute Gasteiger partial charge is 0.386 e. The number of benzene rings is 2. The summed E-state index contributed by atoms with van der Waals surface area (Å²) < 4.78 is 14.0. The zero-order chi connectivity index (χ0) is 11.5. The lowest BCUT2D eigenvalue weighted by Crippen LogP contribution is -1.94. The fourth-order valence-corrected chi connectivity index (χ4v) is 1.85. The normalized spacial score (nSPS) is 10.2. The number of nitrogens with one attached hydrogen (secondary N) is 1. The predicted octanol–water partition coefficient (Wildman–Crippen LogP) is 4.19. The average Bonchev–Trinajstić information content (AvgIpc) is 2.31. The first kappa shape index (κ1) is 11.0. The van der Waals surface area contributed by atoms with Crippen LogP contribution in [0.25, 0.3) is 11.1 Å². The number of hydrogen-bond acceptors (Lipinski definition) is 1. The van der Waals surface area contributed by atoms with Crippen molar-refractivity contribution in [1.82, 2.24) is 0 Å². The molecule has 3 heteroatoms. The molecule has 1 N–H and O–H groups in total. The molecule has 0 fully saturated rings.